The molecule has 1 aromatic carbocycles. The predicted octanol–water partition coefficient (Wildman–Crippen LogP) is 2.58. The molecule has 0 radical (unpaired) electrons. The van der Waals surface area contributed by atoms with Crippen molar-refractivity contribution in [3.05, 3.63) is 29.8 Å². The van der Waals surface area contributed by atoms with Crippen LogP contribution in [0, 0.1) is 11.6 Å². The molecule has 0 heterocycles. The van der Waals surface area contributed by atoms with E-state index in [9.17, 15) is 18.7 Å². The van der Waals surface area contributed by atoms with Crippen molar-refractivity contribution < 1.29 is 23.4 Å². The Morgan fingerprint density at radius 2 is 2.15 bits per heavy atom. The lowest BCUT2D eigenvalue weighted by Gasteiger charge is -2.29. The highest BCUT2D eigenvalue weighted by Crippen LogP contribution is 2.23. The maximum absolute atomic E-state index is 13.5. The van der Waals surface area contributed by atoms with Crippen LogP contribution in [0.25, 0.3) is 0 Å². The fraction of sp³-hybridized carbons (Fsp3) is 0.500. The van der Waals surface area contributed by atoms with Gasteiger partial charge >= 0.3 is 5.97 Å². The number of likely N-dealkylation sites (N-methyl/N-ethyl adjacent to an activating group) is 1. The van der Waals surface area contributed by atoms with Crippen molar-refractivity contribution in [2.75, 3.05) is 6.54 Å². The molecule has 1 aromatic rings. The Morgan fingerprint density at radius 1 is 1.50 bits per heavy atom. The van der Waals surface area contributed by atoms with Crippen LogP contribution >= 0.6 is 0 Å². The number of carbonyl (C=O) groups is 1. The maximum atomic E-state index is 13.5. The summed E-state index contributed by atoms with van der Waals surface area (Å²) in [6.07, 6.45) is -0.474. The monoisotopic (exact) mass is 287 g/mol. The number of halogens is 2. The zero-order valence-corrected chi connectivity index (χ0v) is 11.7. The molecule has 0 spiro atoms. The molecule has 0 bridgehead atoms. The first-order chi connectivity index (χ1) is 9.30. The summed E-state index contributed by atoms with van der Waals surface area (Å²) < 4.78 is 31.8. The smallest absolute Gasteiger partial charge is 0.323 e. The standard InChI is InChI=1S/C14H19F2NO3/c1-4-17-14(3,13(18)19)8-9(2)20-11-7-5-6-10(15)12(11)16/h5-7,9,17H,4,8H2,1-3H3,(H,18,19). The largest absolute Gasteiger partial charge is 0.487 e. The summed E-state index contributed by atoms with van der Waals surface area (Å²) >= 11 is 0. The van der Waals surface area contributed by atoms with Crippen molar-refractivity contribution in [1.82, 2.24) is 5.32 Å². The van der Waals surface area contributed by atoms with E-state index in [1.54, 1.807) is 13.8 Å². The van der Waals surface area contributed by atoms with Gasteiger partial charge in [-0.1, -0.05) is 13.0 Å². The summed E-state index contributed by atoms with van der Waals surface area (Å²) in [4.78, 5) is 11.3. The van der Waals surface area contributed by atoms with Crippen LogP contribution in [0.4, 0.5) is 8.78 Å². The van der Waals surface area contributed by atoms with E-state index in [1.165, 1.54) is 19.1 Å². The molecule has 2 atom stereocenters. The van der Waals surface area contributed by atoms with Crippen molar-refractivity contribution in [2.24, 2.45) is 0 Å². The Labute approximate surface area is 116 Å². The first-order valence-electron chi connectivity index (χ1n) is 6.39. The first kappa shape index (κ1) is 16.4. The van der Waals surface area contributed by atoms with Crippen LogP contribution in [-0.4, -0.2) is 29.3 Å². The third-order valence-electron chi connectivity index (χ3n) is 2.98. The van der Waals surface area contributed by atoms with Crippen molar-refractivity contribution in [2.45, 2.75) is 38.8 Å². The fourth-order valence-electron chi connectivity index (χ4n) is 2.03. The number of hydrogen-bond acceptors (Lipinski definition) is 3. The van der Waals surface area contributed by atoms with Gasteiger partial charge in [-0.2, -0.15) is 4.39 Å². The molecular formula is C14H19F2NO3. The molecule has 4 nitrogen and oxygen atoms in total. The molecule has 20 heavy (non-hydrogen) atoms. The molecule has 6 heteroatoms. The molecule has 0 aliphatic carbocycles. The lowest BCUT2D eigenvalue weighted by atomic mass is 9.95. The Kier molecular flexibility index (Phi) is 5.44. The van der Waals surface area contributed by atoms with Gasteiger partial charge in [-0.3, -0.25) is 4.79 Å². The van der Waals surface area contributed by atoms with E-state index in [0.717, 1.165) is 6.07 Å². The predicted molar refractivity (Wildman–Crippen MR) is 70.8 cm³/mol. The Morgan fingerprint density at radius 3 is 2.70 bits per heavy atom. The number of nitrogens with one attached hydrogen (secondary N) is 1. The van der Waals surface area contributed by atoms with Crippen LogP contribution in [0.5, 0.6) is 5.75 Å². The number of rotatable bonds is 7. The second-order valence-corrected chi connectivity index (χ2v) is 4.85. The van der Waals surface area contributed by atoms with Gasteiger partial charge < -0.3 is 15.2 Å². The summed E-state index contributed by atoms with van der Waals surface area (Å²) in [6, 6.07) is 3.63. The second kappa shape index (κ2) is 6.65. The average Bonchev–Trinajstić information content (AvgIpc) is 2.35. The number of carboxylic acid groups (broad SMARTS) is 1. The van der Waals surface area contributed by atoms with Crippen LogP contribution in [0.3, 0.4) is 0 Å². The van der Waals surface area contributed by atoms with Gasteiger partial charge in [0.05, 0.1) is 6.10 Å². The van der Waals surface area contributed by atoms with Gasteiger partial charge in [0.2, 0.25) is 5.82 Å². The molecule has 2 N–H and O–H groups in total. The van der Waals surface area contributed by atoms with Gasteiger partial charge in [-0.15, -0.1) is 0 Å². The molecule has 0 fully saturated rings. The quantitative estimate of drug-likeness (QED) is 0.809. The summed E-state index contributed by atoms with van der Waals surface area (Å²) in [5.74, 6) is -3.31. The van der Waals surface area contributed by atoms with Gasteiger partial charge in [-0.25, -0.2) is 4.39 Å². The van der Waals surface area contributed by atoms with Crippen LogP contribution < -0.4 is 10.1 Å². The number of aliphatic carboxylic acids is 1. The zero-order valence-electron chi connectivity index (χ0n) is 11.7. The minimum absolute atomic E-state index is 0.117. The molecule has 0 aromatic heterocycles. The normalized spacial score (nSPS) is 15.4. The SMILES string of the molecule is CCNC(C)(CC(C)Oc1cccc(F)c1F)C(=O)O. The van der Waals surface area contributed by atoms with E-state index < -0.39 is 29.2 Å². The highest BCUT2D eigenvalue weighted by Gasteiger charge is 2.34. The maximum Gasteiger partial charge on any atom is 0.323 e. The summed E-state index contributed by atoms with van der Waals surface area (Å²) in [7, 11) is 0. The summed E-state index contributed by atoms with van der Waals surface area (Å²) in [6.45, 7) is 5.41. The lowest BCUT2D eigenvalue weighted by Crippen LogP contribution is -2.51. The highest BCUT2D eigenvalue weighted by atomic mass is 19.2. The van der Waals surface area contributed by atoms with E-state index >= 15 is 0 Å². The Balaban J connectivity index is 2.78. The van der Waals surface area contributed by atoms with Crippen molar-refractivity contribution in [3.8, 4) is 5.75 Å². The number of hydrogen-bond donors (Lipinski definition) is 2. The van der Waals surface area contributed by atoms with E-state index in [4.69, 9.17) is 4.74 Å². The minimum Gasteiger partial charge on any atom is -0.487 e. The first-order valence-corrected chi connectivity index (χ1v) is 6.39. The molecule has 0 aliphatic heterocycles. The van der Waals surface area contributed by atoms with Crippen LogP contribution in [0.2, 0.25) is 0 Å². The summed E-state index contributed by atoms with van der Waals surface area (Å²) in [5, 5.41) is 12.1. The van der Waals surface area contributed by atoms with Gasteiger partial charge in [-0.05, 0) is 32.5 Å². The average molecular weight is 287 g/mol. The third kappa shape index (κ3) is 3.90. The molecular weight excluding hydrogens is 268 g/mol. The topological polar surface area (TPSA) is 58.6 Å². The summed E-state index contributed by atoms with van der Waals surface area (Å²) in [5.41, 5.74) is -1.18. The van der Waals surface area contributed by atoms with Crippen LogP contribution in [-0.2, 0) is 4.79 Å². The van der Waals surface area contributed by atoms with Gasteiger partial charge in [0, 0.05) is 6.42 Å². The Hall–Kier alpha value is -1.69. The third-order valence-corrected chi connectivity index (χ3v) is 2.98. The van der Waals surface area contributed by atoms with Crippen LogP contribution in [0.1, 0.15) is 27.2 Å². The Bertz CT molecular complexity index is 481. The zero-order chi connectivity index (χ0) is 15.3. The fourth-order valence-corrected chi connectivity index (χ4v) is 2.03. The lowest BCUT2D eigenvalue weighted by molar-refractivity contribution is -0.145. The molecule has 0 amide bonds. The molecule has 1 rings (SSSR count). The van der Waals surface area contributed by atoms with Crippen molar-refractivity contribution in [1.29, 1.82) is 0 Å². The molecule has 0 aliphatic rings. The molecule has 2 unspecified atom stereocenters. The van der Waals surface area contributed by atoms with E-state index in [-0.39, 0.29) is 12.2 Å². The molecule has 0 saturated carbocycles. The van der Waals surface area contributed by atoms with Crippen LogP contribution in [0.15, 0.2) is 18.2 Å². The van der Waals surface area contributed by atoms with E-state index in [2.05, 4.69) is 5.32 Å². The molecule has 0 saturated heterocycles. The van der Waals surface area contributed by atoms with E-state index in [1.807, 2.05) is 0 Å². The van der Waals surface area contributed by atoms with E-state index in [0.29, 0.717) is 6.54 Å². The van der Waals surface area contributed by atoms with Gasteiger partial charge in [0.1, 0.15) is 5.54 Å². The highest BCUT2D eigenvalue weighted by molar-refractivity contribution is 5.78. The number of carboxylic acids is 1. The minimum atomic E-state index is -1.18. The van der Waals surface area contributed by atoms with Crippen molar-refractivity contribution >= 4 is 5.97 Å². The number of benzene rings is 1. The molecule has 112 valence electrons. The number of ether oxygens (including phenoxy) is 1. The second-order valence-electron chi connectivity index (χ2n) is 4.85. The van der Waals surface area contributed by atoms with Gasteiger partial charge in [0.15, 0.2) is 11.6 Å². The van der Waals surface area contributed by atoms with Gasteiger partial charge in [0.25, 0.3) is 0 Å². The van der Waals surface area contributed by atoms with Crippen molar-refractivity contribution in [3.63, 3.8) is 0 Å².